The molecule has 0 N–H and O–H groups in total. The first-order valence-corrected chi connectivity index (χ1v) is 32.6. The molecule has 0 heterocycles. The first-order valence-electron chi connectivity index (χ1n) is 32.6. The normalized spacial score (nSPS) is 12.6. The molecule has 1 atom stereocenters. The van der Waals surface area contributed by atoms with Crippen molar-refractivity contribution in [3.05, 3.63) is 85.1 Å². The van der Waals surface area contributed by atoms with E-state index in [-0.39, 0.29) is 31.1 Å². The number of carbonyl (C=O) groups excluding carboxylic acids is 3. The zero-order valence-electron chi connectivity index (χ0n) is 50.3. The zero-order valence-corrected chi connectivity index (χ0v) is 50.3. The standard InChI is InChI=1S/C70H122O6/c1-4-7-10-13-16-19-21-23-25-27-28-29-30-31-32-33-34-35-36-37-38-39-40-41-42-44-45-47-49-51-54-57-60-63-69(72)75-66-67(65-74-68(71)62-59-56-53-18-15-12-9-6-3)76-70(73)64-61-58-55-52-50-48-46-43-26-24-22-20-17-14-11-8-5-2/h7,10,16-17,19-20,23-26,28-29,31-32,67H,4-6,8-9,11-15,18,21-22,27,30,33-66H2,1-3H3/b10-7-,19-16-,20-17-,25-23-,26-24-,29-28-,32-31-. The highest BCUT2D eigenvalue weighted by Gasteiger charge is 2.19. The van der Waals surface area contributed by atoms with Gasteiger partial charge in [0.2, 0.25) is 0 Å². The van der Waals surface area contributed by atoms with Crippen LogP contribution >= 0.6 is 0 Å². The van der Waals surface area contributed by atoms with E-state index in [2.05, 4.69) is 106 Å². The number of hydrogen-bond donors (Lipinski definition) is 0. The number of ether oxygens (including phenoxy) is 3. The average Bonchev–Trinajstić information content (AvgIpc) is 3.42. The lowest BCUT2D eigenvalue weighted by Gasteiger charge is -2.18. The van der Waals surface area contributed by atoms with Gasteiger partial charge in [-0.05, 0) is 96.3 Å². The molecule has 0 fully saturated rings. The third kappa shape index (κ3) is 61.4. The third-order valence-electron chi connectivity index (χ3n) is 14.1. The summed E-state index contributed by atoms with van der Waals surface area (Å²) in [5, 5.41) is 0. The van der Waals surface area contributed by atoms with Gasteiger partial charge in [0, 0.05) is 19.3 Å². The molecule has 0 rings (SSSR count). The lowest BCUT2D eigenvalue weighted by Crippen LogP contribution is -2.30. The van der Waals surface area contributed by atoms with Crippen molar-refractivity contribution >= 4 is 17.9 Å². The number of allylic oxidation sites excluding steroid dienone is 14. The molecule has 0 aromatic rings. The SMILES string of the molecule is CC/C=C\C/C=C\C/C=C\C/C=C\C/C=C\CCCCCCCCCCCCCCCCCCCC(=O)OCC(COC(=O)CCCCCCCCCC)OC(=O)CCCCCCCCC/C=C\C/C=C\CCCCC. The first kappa shape index (κ1) is 72.6. The molecule has 0 radical (unpaired) electrons. The molecule has 0 amide bonds. The van der Waals surface area contributed by atoms with Crippen LogP contribution in [0.2, 0.25) is 0 Å². The minimum atomic E-state index is -0.776. The topological polar surface area (TPSA) is 78.9 Å². The third-order valence-corrected chi connectivity index (χ3v) is 14.1. The summed E-state index contributed by atoms with van der Waals surface area (Å²) >= 11 is 0. The Kier molecular flexibility index (Phi) is 61.2. The Hall–Kier alpha value is -3.41. The van der Waals surface area contributed by atoms with Crippen LogP contribution in [0.25, 0.3) is 0 Å². The first-order chi connectivity index (χ1) is 37.5. The summed E-state index contributed by atoms with van der Waals surface area (Å²) in [4.78, 5) is 38.1. The van der Waals surface area contributed by atoms with E-state index in [0.717, 1.165) is 103 Å². The maximum atomic E-state index is 12.8. The van der Waals surface area contributed by atoms with Gasteiger partial charge in [-0.1, -0.05) is 292 Å². The van der Waals surface area contributed by atoms with E-state index >= 15 is 0 Å². The second-order valence-electron chi connectivity index (χ2n) is 21.6. The highest BCUT2D eigenvalue weighted by molar-refractivity contribution is 5.71. The Labute approximate surface area is 471 Å². The van der Waals surface area contributed by atoms with E-state index in [9.17, 15) is 14.4 Å². The van der Waals surface area contributed by atoms with Gasteiger partial charge >= 0.3 is 17.9 Å². The Morgan fingerprint density at radius 2 is 0.513 bits per heavy atom. The fourth-order valence-electron chi connectivity index (χ4n) is 9.27. The molecule has 0 bridgehead atoms. The largest absolute Gasteiger partial charge is 0.462 e. The number of rotatable bonds is 59. The lowest BCUT2D eigenvalue weighted by atomic mass is 10.0. The predicted molar refractivity (Wildman–Crippen MR) is 330 cm³/mol. The van der Waals surface area contributed by atoms with E-state index in [1.165, 1.54) is 180 Å². The molecule has 76 heavy (non-hydrogen) atoms. The Morgan fingerprint density at radius 3 is 0.829 bits per heavy atom. The molecular weight excluding hydrogens is 937 g/mol. The van der Waals surface area contributed by atoms with Crippen molar-refractivity contribution in [2.45, 2.75) is 329 Å². The monoisotopic (exact) mass is 1060 g/mol. The van der Waals surface area contributed by atoms with Crippen molar-refractivity contribution in [1.82, 2.24) is 0 Å². The van der Waals surface area contributed by atoms with E-state index < -0.39 is 6.10 Å². The molecule has 1 unspecified atom stereocenters. The molecule has 0 saturated heterocycles. The summed E-state index contributed by atoms with van der Waals surface area (Å²) in [6.45, 7) is 6.49. The molecule has 0 aliphatic carbocycles. The highest BCUT2D eigenvalue weighted by Crippen LogP contribution is 2.17. The number of carbonyl (C=O) groups is 3. The summed E-state index contributed by atoms with van der Waals surface area (Å²) in [6.07, 6.45) is 84.8. The minimum Gasteiger partial charge on any atom is -0.462 e. The van der Waals surface area contributed by atoms with Gasteiger partial charge in [-0.15, -0.1) is 0 Å². The summed E-state index contributed by atoms with van der Waals surface area (Å²) in [6, 6.07) is 0. The number of esters is 3. The molecule has 438 valence electrons. The Bertz CT molecular complexity index is 1450. The average molecular weight is 1060 g/mol. The van der Waals surface area contributed by atoms with Crippen LogP contribution in [0.3, 0.4) is 0 Å². The molecule has 0 aromatic heterocycles. The van der Waals surface area contributed by atoms with Crippen molar-refractivity contribution in [3.63, 3.8) is 0 Å². The van der Waals surface area contributed by atoms with Gasteiger partial charge in [0.05, 0.1) is 0 Å². The Balaban J connectivity index is 4.06. The van der Waals surface area contributed by atoms with Gasteiger partial charge < -0.3 is 14.2 Å². The van der Waals surface area contributed by atoms with Crippen molar-refractivity contribution in [3.8, 4) is 0 Å². The predicted octanol–water partition coefficient (Wildman–Crippen LogP) is 22.3. The van der Waals surface area contributed by atoms with E-state index in [0.29, 0.717) is 19.3 Å². The van der Waals surface area contributed by atoms with Crippen LogP contribution in [0.5, 0.6) is 0 Å². The number of unbranched alkanes of at least 4 members (excludes halogenated alkanes) is 34. The van der Waals surface area contributed by atoms with Gasteiger partial charge in [-0.3, -0.25) is 14.4 Å². The maximum absolute atomic E-state index is 12.8. The van der Waals surface area contributed by atoms with Crippen molar-refractivity contribution < 1.29 is 28.6 Å². The van der Waals surface area contributed by atoms with Crippen LogP contribution in [0.4, 0.5) is 0 Å². The summed E-state index contributed by atoms with van der Waals surface area (Å²) in [5.41, 5.74) is 0. The van der Waals surface area contributed by atoms with Gasteiger partial charge in [-0.2, -0.15) is 0 Å². The second-order valence-corrected chi connectivity index (χ2v) is 21.6. The molecule has 0 saturated carbocycles. The van der Waals surface area contributed by atoms with Crippen molar-refractivity contribution in [2.75, 3.05) is 13.2 Å². The fraction of sp³-hybridized carbons (Fsp3) is 0.757. The molecular formula is C70H122O6. The van der Waals surface area contributed by atoms with Crippen LogP contribution in [0, 0.1) is 0 Å². The van der Waals surface area contributed by atoms with Gasteiger partial charge in [0.1, 0.15) is 13.2 Å². The van der Waals surface area contributed by atoms with Crippen molar-refractivity contribution in [1.29, 1.82) is 0 Å². The summed E-state index contributed by atoms with van der Waals surface area (Å²) in [7, 11) is 0. The Morgan fingerprint density at radius 1 is 0.276 bits per heavy atom. The van der Waals surface area contributed by atoms with Gasteiger partial charge in [0.15, 0.2) is 6.10 Å². The van der Waals surface area contributed by atoms with Crippen LogP contribution < -0.4 is 0 Å². The molecule has 0 aliphatic heterocycles. The van der Waals surface area contributed by atoms with Crippen molar-refractivity contribution in [2.24, 2.45) is 0 Å². The maximum Gasteiger partial charge on any atom is 0.306 e. The molecule has 6 heteroatoms. The zero-order chi connectivity index (χ0) is 55.0. The van der Waals surface area contributed by atoms with E-state index in [1.807, 2.05) is 0 Å². The minimum absolute atomic E-state index is 0.0753. The number of hydrogen-bond acceptors (Lipinski definition) is 6. The smallest absolute Gasteiger partial charge is 0.306 e. The molecule has 0 aromatic carbocycles. The van der Waals surface area contributed by atoms with E-state index in [4.69, 9.17) is 14.2 Å². The second kappa shape index (κ2) is 64.1. The van der Waals surface area contributed by atoms with Crippen LogP contribution in [-0.2, 0) is 28.6 Å². The van der Waals surface area contributed by atoms with Gasteiger partial charge in [-0.25, -0.2) is 0 Å². The lowest BCUT2D eigenvalue weighted by molar-refractivity contribution is -0.167. The quantitative estimate of drug-likeness (QED) is 0.0261. The fourth-order valence-corrected chi connectivity index (χ4v) is 9.27. The van der Waals surface area contributed by atoms with Crippen LogP contribution in [0.1, 0.15) is 323 Å². The van der Waals surface area contributed by atoms with Gasteiger partial charge in [0.25, 0.3) is 0 Å². The van der Waals surface area contributed by atoms with Crippen LogP contribution in [0.15, 0.2) is 85.1 Å². The van der Waals surface area contributed by atoms with E-state index in [1.54, 1.807) is 0 Å². The highest BCUT2D eigenvalue weighted by atomic mass is 16.6. The molecule has 6 nitrogen and oxygen atoms in total. The van der Waals surface area contributed by atoms with Crippen LogP contribution in [-0.4, -0.2) is 37.2 Å². The summed E-state index contributed by atoms with van der Waals surface area (Å²) in [5.74, 6) is -0.874. The molecule has 0 spiro atoms. The summed E-state index contributed by atoms with van der Waals surface area (Å²) < 4.78 is 16.9. The molecule has 0 aliphatic rings.